The summed E-state index contributed by atoms with van der Waals surface area (Å²) in [7, 11) is 0. The van der Waals surface area contributed by atoms with Gasteiger partial charge in [0.25, 0.3) is 0 Å². The molecule has 0 radical (unpaired) electrons. The van der Waals surface area contributed by atoms with Crippen molar-refractivity contribution in [2.45, 2.75) is 51.8 Å². The van der Waals surface area contributed by atoms with E-state index in [4.69, 9.17) is 17.3 Å². The van der Waals surface area contributed by atoms with Crippen molar-refractivity contribution in [3.8, 4) is 5.69 Å². The summed E-state index contributed by atoms with van der Waals surface area (Å²) in [5.41, 5.74) is 7.42. The minimum Gasteiger partial charge on any atom is -0.324 e. The molecule has 35 heavy (non-hydrogen) atoms. The van der Waals surface area contributed by atoms with Crippen LogP contribution in [0.1, 0.15) is 33.6 Å². The SMILES string of the molecule is Cc1ccc(SCc2nn(CC(=O)Nc3c(C)cc(C)cc3C)c(=S)n2-c2cccc(C)c2)cc1. The zero-order valence-electron chi connectivity index (χ0n) is 20.8. The summed E-state index contributed by atoms with van der Waals surface area (Å²) < 4.78 is 4.10. The van der Waals surface area contributed by atoms with Crippen LogP contribution in [-0.2, 0) is 17.1 Å². The van der Waals surface area contributed by atoms with Crippen LogP contribution in [0, 0.1) is 39.4 Å². The number of hydrogen-bond donors (Lipinski definition) is 1. The molecule has 0 aliphatic heterocycles. The topological polar surface area (TPSA) is 51.9 Å². The normalized spacial score (nSPS) is 11.0. The van der Waals surface area contributed by atoms with Crippen LogP contribution in [0.5, 0.6) is 0 Å². The number of rotatable bonds is 7. The first-order valence-corrected chi connectivity index (χ1v) is 12.9. The maximum absolute atomic E-state index is 13.0. The van der Waals surface area contributed by atoms with E-state index in [0.717, 1.165) is 38.8 Å². The number of thioether (sulfide) groups is 1. The highest BCUT2D eigenvalue weighted by atomic mass is 32.2. The molecule has 0 unspecified atom stereocenters. The van der Waals surface area contributed by atoms with Gasteiger partial charge >= 0.3 is 0 Å². The monoisotopic (exact) mass is 502 g/mol. The van der Waals surface area contributed by atoms with Crippen LogP contribution in [0.3, 0.4) is 0 Å². The predicted octanol–water partition coefficient (Wildman–Crippen LogP) is 6.88. The Morgan fingerprint density at radius 2 is 1.60 bits per heavy atom. The highest BCUT2D eigenvalue weighted by Crippen LogP contribution is 2.25. The number of nitrogens with zero attached hydrogens (tertiary/aromatic N) is 3. The number of aromatic nitrogens is 3. The molecule has 1 amide bonds. The van der Waals surface area contributed by atoms with Crippen molar-refractivity contribution >= 4 is 35.6 Å². The molecule has 1 aromatic heterocycles. The molecule has 0 fully saturated rings. The van der Waals surface area contributed by atoms with Crippen LogP contribution in [0.2, 0.25) is 0 Å². The molecule has 0 spiro atoms. The van der Waals surface area contributed by atoms with Crippen molar-refractivity contribution < 1.29 is 4.79 Å². The van der Waals surface area contributed by atoms with Crippen molar-refractivity contribution in [1.82, 2.24) is 14.3 Å². The molecule has 0 atom stereocenters. The average Bonchev–Trinajstić information content (AvgIpc) is 3.10. The molecule has 4 aromatic rings. The molecule has 3 aromatic carbocycles. The average molecular weight is 503 g/mol. The summed E-state index contributed by atoms with van der Waals surface area (Å²) in [6, 6.07) is 20.7. The van der Waals surface area contributed by atoms with E-state index in [1.807, 2.05) is 30.5 Å². The summed E-state index contributed by atoms with van der Waals surface area (Å²) in [4.78, 5) is 14.2. The fourth-order valence-corrected chi connectivity index (χ4v) is 5.28. The lowest BCUT2D eigenvalue weighted by Crippen LogP contribution is -2.21. The maximum atomic E-state index is 13.0. The van der Waals surface area contributed by atoms with Gasteiger partial charge in [0.1, 0.15) is 12.4 Å². The van der Waals surface area contributed by atoms with Gasteiger partial charge in [0.15, 0.2) is 0 Å². The number of aryl methyl sites for hydroxylation is 5. The van der Waals surface area contributed by atoms with Crippen LogP contribution in [0.15, 0.2) is 65.6 Å². The van der Waals surface area contributed by atoms with Gasteiger partial charge in [-0.05, 0) is 87.8 Å². The minimum atomic E-state index is -0.150. The zero-order chi connectivity index (χ0) is 25.1. The van der Waals surface area contributed by atoms with Crippen LogP contribution in [0.25, 0.3) is 5.69 Å². The van der Waals surface area contributed by atoms with E-state index < -0.39 is 0 Å². The fraction of sp³-hybridized carbons (Fsp3) is 0.250. The number of nitrogens with one attached hydrogen (secondary N) is 1. The minimum absolute atomic E-state index is 0.0482. The van der Waals surface area contributed by atoms with Gasteiger partial charge in [-0.15, -0.1) is 11.8 Å². The lowest BCUT2D eigenvalue weighted by atomic mass is 10.1. The third-order valence-electron chi connectivity index (χ3n) is 5.79. The van der Waals surface area contributed by atoms with Gasteiger partial charge in [-0.2, -0.15) is 5.10 Å². The van der Waals surface area contributed by atoms with Gasteiger partial charge in [0.2, 0.25) is 10.7 Å². The molecule has 4 rings (SSSR count). The smallest absolute Gasteiger partial charge is 0.246 e. The lowest BCUT2D eigenvalue weighted by Gasteiger charge is -2.12. The number of anilines is 1. The molecule has 180 valence electrons. The van der Waals surface area contributed by atoms with Crippen LogP contribution in [-0.4, -0.2) is 20.3 Å². The van der Waals surface area contributed by atoms with E-state index >= 15 is 0 Å². The molecule has 0 aliphatic carbocycles. The van der Waals surface area contributed by atoms with Gasteiger partial charge in [0, 0.05) is 16.3 Å². The Labute approximate surface area is 216 Å². The standard InChI is InChI=1S/C28H30N4OS2/c1-18-9-11-24(12-10-18)35-17-25-30-31(28(34)32(25)23-8-6-7-19(2)15-23)16-26(33)29-27-21(4)13-20(3)14-22(27)5/h6-15H,16-17H2,1-5H3,(H,29,33). The summed E-state index contributed by atoms with van der Waals surface area (Å²) in [5.74, 6) is 1.29. The Balaban J connectivity index is 1.63. The predicted molar refractivity (Wildman–Crippen MR) is 147 cm³/mol. The molecule has 0 aliphatic rings. The van der Waals surface area contributed by atoms with Gasteiger partial charge in [-0.1, -0.05) is 47.5 Å². The second-order valence-corrected chi connectivity index (χ2v) is 10.4. The quantitative estimate of drug-likeness (QED) is 0.221. The molecule has 1 heterocycles. The molecule has 7 heteroatoms. The summed E-state index contributed by atoms with van der Waals surface area (Å²) in [6.07, 6.45) is 0. The molecular formula is C28H30N4OS2. The number of hydrogen-bond acceptors (Lipinski definition) is 4. The number of carbonyl (C=O) groups excluding carboxylic acids is 1. The second-order valence-electron chi connectivity index (χ2n) is 8.95. The Morgan fingerprint density at radius 3 is 2.26 bits per heavy atom. The largest absolute Gasteiger partial charge is 0.324 e. The van der Waals surface area contributed by atoms with E-state index in [-0.39, 0.29) is 12.5 Å². The van der Waals surface area contributed by atoms with Crippen LogP contribution < -0.4 is 5.32 Å². The fourth-order valence-electron chi connectivity index (χ4n) is 4.15. The van der Waals surface area contributed by atoms with E-state index in [2.05, 4.69) is 74.6 Å². The Hall–Kier alpha value is -3.16. The zero-order valence-corrected chi connectivity index (χ0v) is 22.4. The van der Waals surface area contributed by atoms with Crippen molar-refractivity contribution in [2.75, 3.05) is 5.32 Å². The number of carbonyl (C=O) groups is 1. The van der Waals surface area contributed by atoms with E-state index in [9.17, 15) is 4.79 Å². The van der Waals surface area contributed by atoms with E-state index in [0.29, 0.717) is 10.5 Å². The third kappa shape index (κ3) is 5.92. The summed E-state index contributed by atoms with van der Waals surface area (Å²) >= 11 is 7.51. The van der Waals surface area contributed by atoms with Gasteiger partial charge in [-0.3, -0.25) is 9.36 Å². The Bertz CT molecular complexity index is 1410. The van der Waals surface area contributed by atoms with Crippen molar-refractivity contribution in [2.24, 2.45) is 0 Å². The van der Waals surface area contributed by atoms with E-state index in [1.54, 1.807) is 16.4 Å². The first-order valence-electron chi connectivity index (χ1n) is 11.5. The highest BCUT2D eigenvalue weighted by Gasteiger charge is 2.16. The lowest BCUT2D eigenvalue weighted by molar-refractivity contribution is -0.116. The van der Waals surface area contributed by atoms with Gasteiger partial charge in [0.05, 0.1) is 5.75 Å². The maximum Gasteiger partial charge on any atom is 0.246 e. The molecule has 0 saturated carbocycles. The molecular weight excluding hydrogens is 472 g/mol. The molecule has 5 nitrogen and oxygen atoms in total. The third-order valence-corrected chi connectivity index (χ3v) is 7.19. The summed E-state index contributed by atoms with van der Waals surface area (Å²) in [5, 5.41) is 7.84. The number of amides is 1. The van der Waals surface area contributed by atoms with Crippen molar-refractivity contribution in [3.05, 3.63) is 99.1 Å². The summed E-state index contributed by atoms with van der Waals surface area (Å²) in [6.45, 7) is 10.3. The van der Waals surface area contributed by atoms with Crippen LogP contribution in [0.4, 0.5) is 5.69 Å². The van der Waals surface area contributed by atoms with Crippen LogP contribution >= 0.6 is 24.0 Å². The van der Waals surface area contributed by atoms with E-state index in [1.165, 1.54) is 11.1 Å². The Kier molecular flexibility index (Phi) is 7.57. The van der Waals surface area contributed by atoms with Crippen molar-refractivity contribution in [1.29, 1.82) is 0 Å². The highest BCUT2D eigenvalue weighted by molar-refractivity contribution is 7.98. The first kappa shape index (κ1) is 24.9. The molecule has 1 N–H and O–H groups in total. The first-order chi connectivity index (χ1) is 16.7. The molecule has 0 bridgehead atoms. The Morgan fingerprint density at radius 1 is 0.914 bits per heavy atom. The van der Waals surface area contributed by atoms with Gasteiger partial charge in [-0.25, -0.2) is 4.68 Å². The van der Waals surface area contributed by atoms with Crippen molar-refractivity contribution in [3.63, 3.8) is 0 Å². The molecule has 0 saturated heterocycles. The van der Waals surface area contributed by atoms with Gasteiger partial charge < -0.3 is 5.32 Å². The second kappa shape index (κ2) is 10.6. The number of benzene rings is 3.